The average molecular weight is 187 g/mol. The van der Waals surface area contributed by atoms with Crippen molar-refractivity contribution in [3.63, 3.8) is 0 Å². The Bertz CT molecular complexity index is 199. The predicted molar refractivity (Wildman–Crippen MR) is 64.3 cm³/mol. The van der Waals surface area contributed by atoms with E-state index in [1.54, 1.807) is 0 Å². The van der Waals surface area contributed by atoms with E-state index in [4.69, 9.17) is 0 Å². The molecule has 0 atom stereocenters. The van der Waals surface area contributed by atoms with Gasteiger partial charge in [-0.15, -0.1) is 0 Å². The van der Waals surface area contributed by atoms with E-state index in [2.05, 4.69) is 37.3 Å². The molecular weight excluding hydrogens is 171 g/mol. The molecule has 0 aliphatic heterocycles. The van der Waals surface area contributed by atoms with E-state index < -0.39 is 0 Å². The molecule has 0 spiro atoms. The van der Waals surface area contributed by atoms with Crippen LogP contribution in [0.5, 0.6) is 0 Å². The second kappa shape index (κ2) is 8.75. The molecule has 13 heavy (non-hydrogen) atoms. The summed E-state index contributed by atoms with van der Waals surface area (Å²) < 4.78 is 0. The molecule has 0 fully saturated rings. The van der Waals surface area contributed by atoms with Crippen LogP contribution >= 0.6 is 11.8 Å². The summed E-state index contributed by atoms with van der Waals surface area (Å²) in [6, 6.07) is 10.6. The molecule has 0 bridgehead atoms. The Kier molecular flexibility index (Phi) is 8.86. The molecule has 0 aromatic heterocycles. The van der Waals surface area contributed by atoms with E-state index in [1.165, 1.54) is 17.7 Å². The molecule has 0 aliphatic rings. The van der Waals surface area contributed by atoms with Crippen LogP contribution in [0, 0.1) is 6.92 Å². The van der Waals surface area contributed by atoms with Crippen molar-refractivity contribution < 1.29 is 0 Å². The van der Waals surface area contributed by atoms with Gasteiger partial charge in [0.2, 0.25) is 0 Å². The summed E-state index contributed by atoms with van der Waals surface area (Å²) in [5, 5.41) is 0. The van der Waals surface area contributed by atoms with E-state index in [9.17, 15) is 0 Å². The first-order valence-electron chi connectivity index (χ1n) is 4.34. The second-order valence-electron chi connectivity index (χ2n) is 2.75. The monoisotopic (exact) mass is 187 g/mol. The molecule has 2 heteroatoms. The number of benzene rings is 1. The van der Waals surface area contributed by atoms with Gasteiger partial charge in [0.25, 0.3) is 0 Å². The number of rotatable bonds is 5. The Morgan fingerprint density at radius 1 is 1.15 bits per heavy atom. The van der Waals surface area contributed by atoms with Crippen LogP contribution in [-0.2, 0) is 5.75 Å². The molecule has 0 saturated carbocycles. The molecule has 0 nitrogen and oxygen atoms in total. The summed E-state index contributed by atoms with van der Waals surface area (Å²) in [5.41, 5.74) is 1.42. The summed E-state index contributed by atoms with van der Waals surface area (Å²) in [6.45, 7) is 3.82. The Hall–Kier alpha value is 0.167. The molecule has 1 radical (unpaired) electrons. The van der Waals surface area contributed by atoms with Gasteiger partial charge in [-0.2, -0.15) is 11.8 Å². The third kappa shape index (κ3) is 6.27. The van der Waals surface area contributed by atoms with E-state index in [0.29, 0.717) is 0 Å². The average Bonchev–Trinajstić information content (AvgIpc) is 2.14. The van der Waals surface area contributed by atoms with Crippen LogP contribution in [0.2, 0.25) is 0 Å². The number of unbranched alkanes of at least 4 members (excludes halogenated alkanes) is 1. The van der Waals surface area contributed by atoms with Gasteiger partial charge in [0, 0.05) is 5.75 Å². The van der Waals surface area contributed by atoms with Crippen molar-refractivity contribution in [2.24, 2.45) is 0 Å². The standard InChI is InChI=1S/C11H15S.Li.H/c1-2-3-9-12-10-11-7-5-4-6-8-11;;/h4-8H,1-3,9-10H2;;. The Morgan fingerprint density at radius 2 is 1.85 bits per heavy atom. The summed E-state index contributed by atoms with van der Waals surface area (Å²) in [4.78, 5) is 0. The second-order valence-corrected chi connectivity index (χ2v) is 3.85. The zero-order chi connectivity index (χ0) is 8.65. The van der Waals surface area contributed by atoms with Crippen molar-refractivity contribution in [1.82, 2.24) is 0 Å². The maximum atomic E-state index is 3.82. The SMILES string of the molecule is [CH2]CCCSCc1ccccc1.[LiH]. The molecule has 67 valence electrons. The topological polar surface area (TPSA) is 0 Å². The normalized spacial score (nSPS) is 9.31. The fourth-order valence-corrected chi connectivity index (χ4v) is 1.95. The molecule has 0 saturated heterocycles. The maximum absolute atomic E-state index is 3.82. The summed E-state index contributed by atoms with van der Waals surface area (Å²) >= 11 is 1.99. The van der Waals surface area contributed by atoms with Gasteiger partial charge in [-0.05, 0) is 17.7 Å². The van der Waals surface area contributed by atoms with Crippen molar-refractivity contribution in [3.05, 3.63) is 42.8 Å². The summed E-state index contributed by atoms with van der Waals surface area (Å²) in [6.07, 6.45) is 2.29. The Balaban J connectivity index is 0.00000144. The molecule has 1 rings (SSSR count). The van der Waals surface area contributed by atoms with E-state index in [1.807, 2.05) is 11.8 Å². The van der Waals surface area contributed by atoms with Crippen LogP contribution in [0.25, 0.3) is 0 Å². The molecule has 1 aromatic rings. The van der Waals surface area contributed by atoms with Gasteiger partial charge < -0.3 is 0 Å². The number of hydrogen-bond donors (Lipinski definition) is 0. The van der Waals surface area contributed by atoms with Crippen molar-refractivity contribution in [3.8, 4) is 0 Å². The molecule has 0 amide bonds. The van der Waals surface area contributed by atoms with Crippen molar-refractivity contribution in [2.45, 2.75) is 18.6 Å². The fourth-order valence-electron chi connectivity index (χ4n) is 0.968. The molecule has 0 heterocycles. The zero-order valence-corrected chi connectivity index (χ0v) is 8.15. The number of hydrogen-bond acceptors (Lipinski definition) is 1. The van der Waals surface area contributed by atoms with Crippen molar-refractivity contribution in [2.75, 3.05) is 5.75 Å². The number of thioether (sulfide) groups is 1. The van der Waals surface area contributed by atoms with Crippen LogP contribution in [0.1, 0.15) is 18.4 Å². The minimum absolute atomic E-state index is 0. The predicted octanol–water partition coefficient (Wildman–Crippen LogP) is 2.89. The van der Waals surface area contributed by atoms with Crippen LogP contribution in [0.3, 0.4) is 0 Å². The van der Waals surface area contributed by atoms with Gasteiger partial charge in [-0.3, -0.25) is 0 Å². The first-order chi connectivity index (χ1) is 5.93. The third-order valence-electron chi connectivity index (χ3n) is 1.65. The quantitative estimate of drug-likeness (QED) is 0.504. The minimum atomic E-state index is 0. The van der Waals surface area contributed by atoms with Gasteiger partial charge in [0.05, 0.1) is 0 Å². The molecule has 0 aliphatic carbocycles. The zero-order valence-electron chi connectivity index (χ0n) is 7.33. The van der Waals surface area contributed by atoms with E-state index in [0.717, 1.165) is 12.2 Å². The van der Waals surface area contributed by atoms with Gasteiger partial charge in [-0.25, -0.2) is 0 Å². The van der Waals surface area contributed by atoms with Gasteiger partial charge in [-0.1, -0.05) is 43.7 Å². The molecular formula is C11H16LiS. The third-order valence-corrected chi connectivity index (χ3v) is 2.77. The molecule has 1 aromatic carbocycles. The van der Waals surface area contributed by atoms with Crippen LogP contribution < -0.4 is 0 Å². The summed E-state index contributed by atoms with van der Waals surface area (Å²) in [7, 11) is 0. The van der Waals surface area contributed by atoms with Crippen molar-refractivity contribution >= 4 is 30.6 Å². The van der Waals surface area contributed by atoms with E-state index in [-0.39, 0.29) is 18.9 Å². The van der Waals surface area contributed by atoms with Crippen LogP contribution in [0.4, 0.5) is 0 Å². The van der Waals surface area contributed by atoms with Crippen molar-refractivity contribution in [1.29, 1.82) is 0 Å². The van der Waals surface area contributed by atoms with Gasteiger partial charge in [0.15, 0.2) is 0 Å². The molecule has 0 N–H and O–H groups in total. The molecule has 0 unspecified atom stereocenters. The first-order valence-corrected chi connectivity index (χ1v) is 5.50. The van der Waals surface area contributed by atoms with Gasteiger partial charge >= 0.3 is 18.9 Å². The first kappa shape index (κ1) is 13.2. The Morgan fingerprint density at radius 3 is 2.46 bits per heavy atom. The van der Waals surface area contributed by atoms with Gasteiger partial charge in [0.1, 0.15) is 0 Å². The van der Waals surface area contributed by atoms with Crippen LogP contribution in [0.15, 0.2) is 30.3 Å². The van der Waals surface area contributed by atoms with E-state index >= 15 is 0 Å². The van der Waals surface area contributed by atoms with Crippen LogP contribution in [-0.4, -0.2) is 24.6 Å². The Labute approximate surface area is 97.7 Å². The fraction of sp³-hybridized carbons (Fsp3) is 0.364. The summed E-state index contributed by atoms with van der Waals surface area (Å²) in [5.74, 6) is 2.37.